The fourth-order valence-corrected chi connectivity index (χ4v) is 7.73. The summed E-state index contributed by atoms with van der Waals surface area (Å²) in [4.78, 5) is 39.2. The van der Waals surface area contributed by atoms with E-state index in [4.69, 9.17) is 14.5 Å². The molecule has 13 heteroatoms. The van der Waals surface area contributed by atoms with Gasteiger partial charge in [-0.1, -0.05) is 6.07 Å². The van der Waals surface area contributed by atoms with E-state index in [0.29, 0.717) is 50.7 Å². The summed E-state index contributed by atoms with van der Waals surface area (Å²) in [6.07, 6.45) is 11.9. The van der Waals surface area contributed by atoms with Gasteiger partial charge < -0.3 is 24.3 Å². The fraction of sp³-hybridized carbons (Fsp3) is 0.588. The number of sulfone groups is 1. The lowest BCUT2D eigenvalue weighted by Gasteiger charge is -2.36. The van der Waals surface area contributed by atoms with Gasteiger partial charge in [-0.2, -0.15) is 4.98 Å². The fourth-order valence-electron chi connectivity index (χ4n) is 7.09. The van der Waals surface area contributed by atoms with Gasteiger partial charge in [0.15, 0.2) is 0 Å². The number of likely N-dealkylation sites (N-methyl/N-ethyl adjacent to an activating group) is 1. The molecule has 1 aromatic carbocycles. The van der Waals surface area contributed by atoms with Crippen molar-refractivity contribution in [2.75, 3.05) is 50.6 Å². The number of ether oxygens (including phenoxy) is 2. The monoisotopic (exact) mass is 666 g/mol. The second kappa shape index (κ2) is 14.6. The molecule has 0 radical (unpaired) electrons. The first-order valence-electron chi connectivity index (χ1n) is 16.8. The van der Waals surface area contributed by atoms with Crippen LogP contribution in [0, 0.1) is 5.92 Å². The number of nitrogens with zero attached hydrogens (tertiary/aromatic N) is 5. The third-order valence-electron chi connectivity index (χ3n) is 9.74. The number of rotatable bonds is 11. The quantitative estimate of drug-likeness (QED) is 0.238. The number of nitrogens with one attached hydrogen (secondary N) is 1. The van der Waals surface area contributed by atoms with Crippen LogP contribution in [0.3, 0.4) is 0 Å². The van der Waals surface area contributed by atoms with E-state index in [9.17, 15) is 18.0 Å². The molecule has 4 heterocycles. The molecule has 1 N–H and O–H groups in total. The molecule has 254 valence electrons. The standard InChI is InChI=1S/C34H46N6O6S/c1-38-18-4-7-29(38)33(42)46-26-14-19-39(20-15-26)32(41)24-9-11-25(12-10-24)36-34-35-17-13-31(37-34)40-21-16-27-28(40)6-3-8-30(27)45-22-5-23-47(2,43)44/h3,6,8,13,16-17,21,24-26,29H,4-5,7,9-12,14-15,18-20,22-23H2,1-2H3,(H,35,36,37)/t24-,25-,29-/m1/s1. The second-order valence-electron chi connectivity index (χ2n) is 13.2. The Balaban J connectivity index is 0.981. The Bertz CT molecular complexity index is 1660. The van der Waals surface area contributed by atoms with Gasteiger partial charge in [-0.15, -0.1) is 0 Å². The van der Waals surface area contributed by atoms with Gasteiger partial charge in [-0.25, -0.2) is 13.4 Å². The summed E-state index contributed by atoms with van der Waals surface area (Å²) in [5.74, 6) is 2.19. The first kappa shape index (κ1) is 33.2. The van der Waals surface area contributed by atoms with Crippen LogP contribution in [0.4, 0.5) is 5.95 Å². The van der Waals surface area contributed by atoms with Gasteiger partial charge in [-0.05, 0) is 82.8 Å². The van der Waals surface area contributed by atoms with Gasteiger partial charge >= 0.3 is 5.97 Å². The Labute approximate surface area is 276 Å². The maximum absolute atomic E-state index is 13.4. The first-order valence-corrected chi connectivity index (χ1v) is 18.9. The number of hydrogen-bond acceptors (Lipinski definition) is 10. The molecule has 3 aromatic rings. The van der Waals surface area contributed by atoms with Crippen LogP contribution in [0.25, 0.3) is 16.7 Å². The Morgan fingerprint density at radius 2 is 1.79 bits per heavy atom. The highest BCUT2D eigenvalue weighted by molar-refractivity contribution is 7.90. The van der Waals surface area contributed by atoms with Gasteiger partial charge in [0.25, 0.3) is 0 Å². The predicted molar refractivity (Wildman–Crippen MR) is 179 cm³/mol. The molecule has 12 nitrogen and oxygen atoms in total. The summed E-state index contributed by atoms with van der Waals surface area (Å²) < 4.78 is 36.6. The van der Waals surface area contributed by atoms with E-state index in [1.54, 1.807) is 6.20 Å². The number of fused-ring (bicyclic) bond motifs is 1. The van der Waals surface area contributed by atoms with Crippen LogP contribution in [-0.2, 0) is 24.2 Å². The zero-order chi connectivity index (χ0) is 33.0. The number of carbonyl (C=O) groups excluding carboxylic acids is 2. The van der Waals surface area contributed by atoms with Gasteiger partial charge in [-0.3, -0.25) is 14.5 Å². The Hall–Kier alpha value is -3.71. The maximum atomic E-state index is 13.4. The third kappa shape index (κ3) is 8.24. The van der Waals surface area contributed by atoms with E-state index < -0.39 is 9.84 Å². The summed E-state index contributed by atoms with van der Waals surface area (Å²) in [6.45, 7) is 2.54. The number of amides is 1. The minimum Gasteiger partial charge on any atom is -0.493 e. The van der Waals surface area contributed by atoms with Crippen LogP contribution >= 0.6 is 0 Å². The molecule has 0 bridgehead atoms. The van der Waals surface area contributed by atoms with Crippen LogP contribution in [0.2, 0.25) is 0 Å². The minimum absolute atomic E-state index is 0.0144. The van der Waals surface area contributed by atoms with E-state index in [1.165, 1.54) is 6.26 Å². The summed E-state index contributed by atoms with van der Waals surface area (Å²) in [7, 11) is -1.05. The van der Waals surface area contributed by atoms with Crippen molar-refractivity contribution in [3.05, 3.63) is 42.7 Å². The van der Waals surface area contributed by atoms with Crippen LogP contribution in [-0.4, -0.2) is 108 Å². The molecule has 2 aromatic heterocycles. The van der Waals surface area contributed by atoms with E-state index in [-0.39, 0.29) is 41.7 Å². The number of esters is 1. The summed E-state index contributed by atoms with van der Waals surface area (Å²) in [5, 5.41) is 4.41. The van der Waals surface area contributed by atoms with Crippen LogP contribution < -0.4 is 10.1 Å². The normalized spacial score (nSPS) is 22.8. The number of carbonyl (C=O) groups is 2. The predicted octanol–water partition coefficient (Wildman–Crippen LogP) is 3.83. The summed E-state index contributed by atoms with van der Waals surface area (Å²) in [6, 6.07) is 9.68. The molecular weight excluding hydrogens is 620 g/mol. The summed E-state index contributed by atoms with van der Waals surface area (Å²) >= 11 is 0. The number of aromatic nitrogens is 3. The molecule has 2 aliphatic heterocycles. The molecular formula is C34H46N6O6S. The molecule has 1 atom stereocenters. The van der Waals surface area contributed by atoms with Crippen molar-refractivity contribution in [1.82, 2.24) is 24.3 Å². The zero-order valence-corrected chi connectivity index (χ0v) is 28.2. The van der Waals surface area contributed by atoms with Crippen molar-refractivity contribution < 1.29 is 27.5 Å². The maximum Gasteiger partial charge on any atom is 0.323 e. The highest BCUT2D eigenvalue weighted by atomic mass is 32.2. The SMILES string of the molecule is CN1CCC[C@@H]1C(=O)OC1CCN(C(=O)[C@H]2CC[C@H](Nc3nccc(-n4ccc5c(OCCCS(C)(=O)=O)cccc54)n3)CC2)CC1. The van der Waals surface area contributed by atoms with Crippen molar-refractivity contribution in [1.29, 1.82) is 0 Å². The number of benzene rings is 1. The zero-order valence-electron chi connectivity index (χ0n) is 27.3. The lowest BCUT2D eigenvalue weighted by atomic mass is 9.85. The van der Waals surface area contributed by atoms with E-state index >= 15 is 0 Å². The molecule has 1 aliphatic carbocycles. The van der Waals surface area contributed by atoms with Crippen molar-refractivity contribution >= 4 is 38.6 Å². The highest BCUT2D eigenvalue weighted by Gasteiger charge is 2.35. The van der Waals surface area contributed by atoms with Crippen molar-refractivity contribution in [3.63, 3.8) is 0 Å². The average molecular weight is 667 g/mol. The molecule has 0 unspecified atom stereocenters. The van der Waals surface area contributed by atoms with Crippen molar-refractivity contribution in [2.24, 2.45) is 5.92 Å². The van der Waals surface area contributed by atoms with E-state index in [0.717, 1.165) is 61.8 Å². The average Bonchev–Trinajstić information content (AvgIpc) is 3.70. The molecule has 3 fully saturated rings. The Kier molecular flexibility index (Phi) is 10.3. The molecule has 47 heavy (non-hydrogen) atoms. The van der Waals surface area contributed by atoms with Crippen LogP contribution in [0.15, 0.2) is 42.7 Å². The Morgan fingerprint density at radius 3 is 2.51 bits per heavy atom. The molecule has 3 aliphatic rings. The number of anilines is 1. The topological polar surface area (TPSA) is 136 Å². The molecule has 2 saturated heterocycles. The summed E-state index contributed by atoms with van der Waals surface area (Å²) in [5.41, 5.74) is 0.929. The molecule has 0 spiro atoms. The van der Waals surface area contributed by atoms with E-state index in [2.05, 4.69) is 15.2 Å². The number of piperidine rings is 1. The number of hydrogen-bond donors (Lipinski definition) is 1. The van der Waals surface area contributed by atoms with Crippen molar-refractivity contribution in [3.8, 4) is 11.6 Å². The number of likely N-dealkylation sites (tertiary alicyclic amines) is 2. The Morgan fingerprint density at radius 1 is 1.00 bits per heavy atom. The van der Waals surface area contributed by atoms with Gasteiger partial charge in [0, 0.05) is 61.9 Å². The van der Waals surface area contributed by atoms with Crippen LogP contribution in [0.5, 0.6) is 5.75 Å². The molecule has 1 saturated carbocycles. The molecule has 6 rings (SSSR count). The third-order valence-corrected chi connectivity index (χ3v) is 10.8. The molecule has 1 amide bonds. The minimum atomic E-state index is -3.02. The van der Waals surface area contributed by atoms with Gasteiger partial charge in [0.1, 0.15) is 33.6 Å². The lowest BCUT2D eigenvalue weighted by molar-refractivity contribution is -0.157. The van der Waals surface area contributed by atoms with Crippen molar-refractivity contribution in [2.45, 2.75) is 76.0 Å². The lowest BCUT2D eigenvalue weighted by Crippen LogP contribution is -2.46. The highest BCUT2D eigenvalue weighted by Crippen LogP contribution is 2.31. The second-order valence-corrected chi connectivity index (χ2v) is 15.5. The first-order chi connectivity index (χ1) is 22.6. The largest absolute Gasteiger partial charge is 0.493 e. The smallest absolute Gasteiger partial charge is 0.323 e. The van der Waals surface area contributed by atoms with Gasteiger partial charge in [0.2, 0.25) is 11.9 Å². The van der Waals surface area contributed by atoms with Crippen LogP contribution in [0.1, 0.15) is 57.8 Å². The van der Waals surface area contributed by atoms with Gasteiger partial charge in [0.05, 0.1) is 17.9 Å². The van der Waals surface area contributed by atoms with E-state index in [1.807, 2.05) is 53.0 Å².